The van der Waals surface area contributed by atoms with Crippen molar-refractivity contribution in [1.82, 2.24) is 4.90 Å². The van der Waals surface area contributed by atoms with Crippen molar-refractivity contribution in [2.75, 3.05) is 19.3 Å². The Morgan fingerprint density at radius 3 is 2.83 bits per heavy atom. The third kappa shape index (κ3) is 3.80. The lowest BCUT2D eigenvalue weighted by atomic mass is 10.0. The highest BCUT2D eigenvalue weighted by Gasteiger charge is 2.28. The molecule has 0 aromatic heterocycles. The van der Waals surface area contributed by atoms with Crippen molar-refractivity contribution in [3.63, 3.8) is 0 Å². The summed E-state index contributed by atoms with van der Waals surface area (Å²) in [5.41, 5.74) is 5.58. The summed E-state index contributed by atoms with van der Waals surface area (Å²) in [5, 5.41) is 12.3. The molecule has 2 unspecified atom stereocenters. The van der Waals surface area contributed by atoms with E-state index in [0.717, 1.165) is 32.4 Å². The van der Waals surface area contributed by atoms with Crippen molar-refractivity contribution in [3.8, 4) is 0 Å². The molecule has 104 valence electrons. The summed E-state index contributed by atoms with van der Waals surface area (Å²) in [4.78, 5) is 14.2. The second-order valence-corrected chi connectivity index (χ2v) is 5.74. The third-order valence-electron chi connectivity index (χ3n) is 3.50. The standard InChI is InChI=1S/C12H23N3O2S/c1-3-10(11(13)14-17)12(16)15-7-4-5-9(18-2)6-8-15/h9-10,17H,3-8H2,1-2H3,(H2,13,14). The molecule has 18 heavy (non-hydrogen) atoms. The van der Waals surface area contributed by atoms with E-state index < -0.39 is 5.92 Å². The van der Waals surface area contributed by atoms with Crippen molar-refractivity contribution in [3.05, 3.63) is 0 Å². The normalized spacial score (nSPS) is 23.6. The minimum atomic E-state index is -0.485. The van der Waals surface area contributed by atoms with E-state index in [9.17, 15) is 4.79 Å². The summed E-state index contributed by atoms with van der Waals surface area (Å²) in [7, 11) is 0. The minimum Gasteiger partial charge on any atom is -0.409 e. The van der Waals surface area contributed by atoms with Gasteiger partial charge in [-0.2, -0.15) is 11.8 Å². The van der Waals surface area contributed by atoms with Crippen LogP contribution in [0.25, 0.3) is 0 Å². The molecule has 1 aliphatic rings. The van der Waals surface area contributed by atoms with Crippen LogP contribution < -0.4 is 5.73 Å². The maximum Gasteiger partial charge on any atom is 0.233 e. The molecule has 1 rings (SSSR count). The van der Waals surface area contributed by atoms with Crippen molar-refractivity contribution in [2.45, 2.75) is 37.9 Å². The first kappa shape index (κ1) is 15.1. The quantitative estimate of drug-likeness (QED) is 0.352. The average Bonchev–Trinajstić information content (AvgIpc) is 2.64. The zero-order valence-electron chi connectivity index (χ0n) is 11.1. The number of carbonyl (C=O) groups is 1. The number of hydrogen-bond acceptors (Lipinski definition) is 4. The van der Waals surface area contributed by atoms with Crippen LogP contribution in [0.2, 0.25) is 0 Å². The van der Waals surface area contributed by atoms with Crippen molar-refractivity contribution in [2.24, 2.45) is 16.8 Å². The highest BCUT2D eigenvalue weighted by molar-refractivity contribution is 7.99. The van der Waals surface area contributed by atoms with Crippen molar-refractivity contribution in [1.29, 1.82) is 0 Å². The number of oxime groups is 1. The van der Waals surface area contributed by atoms with Gasteiger partial charge in [0.2, 0.25) is 5.91 Å². The Morgan fingerprint density at radius 1 is 1.56 bits per heavy atom. The molecule has 0 radical (unpaired) electrons. The maximum atomic E-state index is 12.3. The van der Waals surface area contributed by atoms with Crippen LogP contribution in [0.3, 0.4) is 0 Å². The Balaban J connectivity index is 2.65. The molecule has 0 aromatic carbocycles. The fourth-order valence-electron chi connectivity index (χ4n) is 2.32. The van der Waals surface area contributed by atoms with Crippen molar-refractivity contribution >= 4 is 23.5 Å². The molecule has 1 amide bonds. The molecule has 0 aliphatic carbocycles. The first-order valence-corrected chi connectivity index (χ1v) is 7.71. The molecule has 1 saturated heterocycles. The van der Waals surface area contributed by atoms with Gasteiger partial charge in [-0.05, 0) is 31.9 Å². The Bertz CT molecular complexity index is 310. The van der Waals surface area contributed by atoms with E-state index in [1.165, 1.54) is 0 Å². The summed E-state index contributed by atoms with van der Waals surface area (Å²) < 4.78 is 0. The van der Waals surface area contributed by atoms with Gasteiger partial charge in [0.25, 0.3) is 0 Å². The van der Waals surface area contributed by atoms with Crippen LogP contribution in [0.5, 0.6) is 0 Å². The molecule has 0 saturated carbocycles. The van der Waals surface area contributed by atoms with Gasteiger partial charge in [0.15, 0.2) is 5.84 Å². The van der Waals surface area contributed by atoms with Gasteiger partial charge in [0, 0.05) is 18.3 Å². The Labute approximate surface area is 113 Å². The van der Waals surface area contributed by atoms with Crippen molar-refractivity contribution < 1.29 is 10.0 Å². The summed E-state index contributed by atoms with van der Waals surface area (Å²) in [6.07, 6.45) is 5.90. The van der Waals surface area contributed by atoms with E-state index in [1.807, 2.05) is 23.6 Å². The Kier molecular flexibility index (Phi) is 6.32. The van der Waals surface area contributed by atoms with Gasteiger partial charge in [-0.15, -0.1) is 0 Å². The van der Waals surface area contributed by atoms with Gasteiger partial charge in [0.1, 0.15) is 0 Å². The first-order valence-electron chi connectivity index (χ1n) is 6.43. The predicted octanol–water partition coefficient (Wildman–Crippen LogP) is 1.50. The Hall–Kier alpha value is -0.910. The molecule has 0 aromatic rings. The second-order valence-electron chi connectivity index (χ2n) is 4.60. The summed E-state index contributed by atoms with van der Waals surface area (Å²) in [6.45, 7) is 3.44. The number of likely N-dealkylation sites (tertiary alicyclic amines) is 1. The van der Waals surface area contributed by atoms with Gasteiger partial charge >= 0.3 is 0 Å². The number of nitrogens with zero attached hydrogens (tertiary/aromatic N) is 2. The number of amidine groups is 1. The molecule has 6 heteroatoms. The van der Waals surface area contributed by atoms with Crippen LogP contribution >= 0.6 is 11.8 Å². The highest BCUT2D eigenvalue weighted by atomic mass is 32.2. The SMILES string of the molecule is CCC(C(=O)N1CCCC(SC)CC1)C(N)=NO. The predicted molar refractivity (Wildman–Crippen MR) is 74.9 cm³/mol. The average molecular weight is 273 g/mol. The molecule has 3 N–H and O–H groups in total. The number of nitrogens with two attached hydrogens (primary N) is 1. The van der Waals surface area contributed by atoms with Gasteiger partial charge in [0.05, 0.1) is 5.92 Å². The largest absolute Gasteiger partial charge is 0.409 e. The van der Waals surface area contributed by atoms with Crippen LogP contribution in [0, 0.1) is 5.92 Å². The number of thioether (sulfide) groups is 1. The number of carbonyl (C=O) groups excluding carboxylic acids is 1. The zero-order valence-corrected chi connectivity index (χ0v) is 11.9. The van der Waals surface area contributed by atoms with E-state index in [1.54, 1.807) is 0 Å². The molecular weight excluding hydrogens is 250 g/mol. The van der Waals surface area contributed by atoms with E-state index in [4.69, 9.17) is 10.9 Å². The summed E-state index contributed by atoms with van der Waals surface area (Å²) >= 11 is 1.87. The highest BCUT2D eigenvalue weighted by Crippen LogP contribution is 2.22. The number of hydrogen-bond donors (Lipinski definition) is 2. The molecule has 5 nitrogen and oxygen atoms in total. The molecule has 1 aliphatic heterocycles. The Morgan fingerprint density at radius 2 is 2.28 bits per heavy atom. The lowest BCUT2D eigenvalue weighted by Gasteiger charge is -2.25. The molecule has 1 heterocycles. The van der Waals surface area contributed by atoms with Crippen LogP contribution in [0.15, 0.2) is 5.16 Å². The fraction of sp³-hybridized carbons (Fsp3) is 0.833. The number of amides is 1. The van der Waals surface area contributed by atoms with Crippen LogP contribution in [0.4, 0.5) is 0 Å². The topological polar surface area (TPSA) is 78.9 Å². The van der Waals surface area contributed by atoms with Crippen LogP contribution in [-0.4, -0.2) is 46.4 Å². The van der Waals surface area contributed by atoms with Gasteiger partial charge in [-0.25, -0.2) is 0 Å². The third-order valence-corrected chi connectivity index (χ3v) is 4.64. The van der Waals surface area contributed by atoms with Gasteiger partial charge in [-0.3, -0.25) is 4.79 Å². The first-order chi connectivity index (χ1) is 8.63. The molecule has 1 fully saturated rings. The minimum absolute atomic E-state index is 0.00504. The summed E-state index contributed by atoms with van der Waals surface area (Å²) in [6, 6.07) is 0. The monoisotopic (exact) mass is 273 g/mol. The molecule has 0 spiro atoms. The van der Waals surface area contributed by atoms with E-state index in [2.05, 4.69) is 11.4 Å². The summed E-state index contributed by atoms with van der Waals surface area (Å²) in [5.74, 6) is -0.469. The van der Waals surface area contributed by atoms with Gasteiger partial charge < -0.3 is 15.8 Å². The van der Waals surface area contributed by atoms with E-state index >= 15 is 0 Å². The zero-order chi connectivity index (χ0) is 13.5. The second kappa shape index (κ2) is 7.51. The van der Waals surface area contributed by atoms with E-state index in [0.29, 0.717) is 11.7 Å². The number of rotatable bonds is 4. The van der Waals surface area contributed by atoms with E-state index in [-0.39, 0.29) is 11.7 Å². The fourth-order valence-corrected chi connectivity index (χ4v) is 3.07. The molecular formula is C12H23N3O2S. The maximum absolute atomic E-state index is 12.3. The lowest BCUT2D eigenvalue weighted by Crippen LogP contribution is -2.42. The molecule has 0 bridgehead atoms. The smallest absolute Gasteiger partial charge is 0.233 e. The van der Waals surface area contributed by atoms with Crippen LogP contribution in [-0.2, 0) is 4.79 Å². The lowest BCUT2D eigenvalue weighted by molar-refractivity contribution is -0.133. The van der Waals surface area contributed by atoms with Crippen LogP contribution in [0.1, 0.15) is 32.6 Å². The molecule has 2 atom stereocenters. The van der Waals surface area contributed by atoms with Gasteiger partial charge in [-0.1, -0.05) is 12.1 Å².